The lowest BCUT2D eigenvalue weighted by molar-refractivity contribution is -0.122. The standard InChI is InChI=1S/C19H21N3OS2/c1-12-11-20-19(24-12)18(13-9-10-13)22-16(23)7-4-8-17-21-14-5-2-3-6-15(14)25-17/h2-3,5-6,11,13,18H,4,7-10H2,1H3,(H,22,23). The Hall–Kier alpha value is -1.79. The molecule has 1 N–H and O–H groups in total. The molecule has 4 nitrogen and oxygen atoms in total. The third kappa shape index (κ3) is 4.07. The van der Waals surface area contributed by atoms with E-state index in [2.05, 4.69) is 28.3 Å². The molecule has 130 valence electrons. The van der Waals surface area contributed by atoms with Gasteiger partial charge in [-0.3, -0.25) is 4.79 Å². The maximum absolute atomic E-state index is 12.4. The summed E-state index contributed by atoms with van der Waals surface area (Å²) in [6.07, 6.45) is 6.51. The Bertz CT molecular complexity index is 849. The number of rotatable bonds is 7. The van der Waals surface area contributed by atoms with E-state index in [9.17, 15) is 4.79 Å². The highest BCUT2D eigenvalue weighted by atomic mass is 32.1. The topological polar surface area (TPSA) is 54.9 Å². The third-order valence-corrected chi connectivity index (χ3v) is 6.54. The van der Waals surface area contributed by atoms with Gasteiger partial charge in [-0.25, -0.2) is 9.97 Å². The number of hydrogen-bond acceptors (Lipinski definition) is 5. The molecule has 0 saturated heterocycles. The van der Waals surface area contributed by atoms with Crippen LogP contribution >= 0.6 is 22.7 Å². The predicted molar refractivity (Wildman–Crippen MR) is 103 cm³/mol. The van der Waals surface area contributed by atoms with Crippen LogP contribution in [0.2, 0.25) is 0 Å². The molecular weight excluding hydrogens is 350 g/mol. The molecule has 0 aliphatic heterocycles. The summed E-state index contributed by atoms with van der Waals surface area (Å²) in [7, 11) is 0. The molecule has 1 fully saturated rings. The minimum atomic E-state index is 0.105. The normalized spacial score (nSPS) is 15.4. The third-order valence-electron chi connectivity index (χ3n) is 4.45. The number of carbonyl (C=O) groups is 1. The van der Waals surface area contributed by atoms with Gasteiger partial charge in [0.2, 0.25) is 5.91 Å². The minimum absolute atomic E-state index is 0.105. The van der Waals surface area contributed by atoms with Crippen molar-refractivity contribution in [2.45, 2.75) is 45.1 Å². The van der Waals surface area contributed by atoms with Crippen LogP contribution in [0.1, 0.15) is 46.6 Å². The van der Waals surface area contributed by atoms with Gasteiger partial charge in [0, 0.05) is 17.5 Å². The van der Waals surface area contributed by atoms with Crippen LogP contribution in [-0.4, -0.2) is 15.9 Å². The SMILES string of the molecule is Cc1cnc(C(NC(=O)CCCc2nc3ccccc3s2)C2CC2)s1. The van der Waals surface area contributed by atoms with Crippen molar-refractivity contribution in [1.29, 1.82) is 0 Å². The van der Waals surface area contributed by atoms with Crippen molar-refractivity contribution in [1.82, 2.24) is 15.3 Å². The molecule has 25 heavy (non-hydrogen) atoms. The van der Waals surface area contributed by atoms with Crippen LogP contribution in [-0.2, 0) is 11.2 Å². The number of thiazole rings is 2. The molecule has 3 aromatic rings. The van der Waals surface area contributed by atoms with Gasteiger partial charge >= 0.3 is 0 Å². The molecule has 1 saturated carbocycles. The zero-order valence-electron chi connectivity index (χ0n) is 14.2. The molecule has 1 aromatic carbocycles. The summed E-state index contributed by atoms with van der Waals surface area (Å²) in [6, 6.07) is 8.29. The number of fused-ring (bicyclic) bond motifs is 1. The van der Waals surface area contributed by atoms with Crippen molar-refractivity contribution in [3.63, 3.8) is 0 Å². The summed E-state index contributed by atoms with van der Waals surface area (Å²) in [6.45, 7) is 2.06. The van der Waals surface area contributed by atoms with Gasteiger partial charge in [-0.2, -0.15) is 0 Å². The average Bonchev–Trinajstić information content (AvgIpc) is 3.21. The fourth-order valence-corrected chi connectivity index (χ4v) is 4.93. The second-order valence-electron chi connectivity index (χ2n) is 6.62. The van der Waals surface area contributed by atoms with E-state index in [0.29, 0.717) is 12.3 Å². The summed E-state index contributed by atoms with van der Waals surface area (Å²) in [5.41, 5.74) is 1.06. The number of amides is 1. The number of nitrogens with one attached hydrogen (secondary N) is 1. The molecule has 1 aliphatic rings. The van der Waals surface area contributed by atoms with E-state index < -0.39 is 0 Å². The first-order valence-electron chi connectivity index (χ1n) is 8.75. The second-order valence-corrected chi connectivity index (χ2v) is 9.00. The number of nitrogens with zero attached hydrogens (tertiary/aromatic N) is 2. The lowest BCUT2D eigenvalue weighted by Gasteiger charge is -2.15. The Kier molecular flexibility index (Phi) is 4.81. The summed E-state index contributed by atoms with van der Waals surface area (Å²) in [5.74, 6) is 0.699. The van der Waals surface area contributed by atoms with Crippen LogP contribution in [0.4, 0.5) is 0 Å². The Morgan fingerprint density at radius 1 is 1.32 bits per heavy atom. The van der Waals surface area contributed by atoms with Crippen molar-refractivity contribution in [2.24, 2.45) is 5.92 Å². The number of para-hydroxylation sites is 1. The predicted octanol–water partition coefficient (Wildman–Crippen LogP) is 4.65. The summed E-state index contributed by atoms with van der Waals surface area (Å²) in [5, 5.41) is 5.38. The lowest BCUT2D eigenvalue weighted by Crippen LogP contribution is -2.29. The zero-order valence-corrected chi connectivity index (χ0v) is 15.8. The van der Waals surface area contributed by atoms with Gasteiger partial charge in [-0.15, -0.1) is 22.7 Å². The van der Waals surface area contributed by atoms with E-state index in [1.54, 1.807) is 22.7 Å². The molecule has 0 spiro atoms. The fraction of sp³-hybridized carbons (Fsp3) is 0.421. The molecule has 0 bridgehead atoms. The zero-order chi connectivity index (χ0) is 17.2. The Labute approximate surface area is 155 Å². The van der Waals surface area contributed by atoms with Crippen molar-refractivity contribution < 1.29 is 4.79 Å². The lowest BCUT2D eigenvalue weighted by atomic mass is 10.1. The van der Waals surface area contributed by atoms with Crippen LogP contribution in [0.3, 0.4) is 0 Å². The van der Waals surface area contributed by atoms with Gasteiger partial charge in [0.1, 0.15) is 5.01 Å². The number of aryl methyl sites for hydroxylation is 2. The van der Waals surface area contributed by atoms with E-state index in [1.807, 2.05) is 24.4 Å². The maximum Gasteiger partial charge on any atom is 0.220 e. The van der Waals surface area contributed by atoms with Crippen molar-refractivity contribution in [3.8, 4) is 0 Å². The molecule has 1 amide bonds. The Morgan fingerprint density at radius 3 is 2.88 bits per heavy atom. The molecule has 4 rings (SSSR count). The van der Waals surface area contributed by atoms with Crippen molar-refractivity contribution >= 4 is 38.8 Å². The molecule has 1 unspecified atom stereocenters. The van der Waals surface area contributed by atoms with Crippen molar-refractivity contribution in [2.75, 3.05) is 0 Å². The second kappa shape index (κ2) is 7.22. The smallest absolute Gasteiger partial charge is 0.220 e. The summed E-state index contributed by atoms with van der Waals surface area (Å²) < 4.78 is 1.22. The van der Waals surface area contributed by atoms with Crippen molar-refractivity contribution in [3.05, 3.63) is 45.4 Å². The fourth-order valence-electron chi connectivity index (χ4n) is 3.00. The van der Waals surface area contributed by atoms with E-state index >= 15 is 0 Å². The minimum Gasteiger partial charge on any atom is -0.347 e. The van der Waals surface area contributed by atoms with Gasteiger partial charge in [-0.05, 0) is 50.7 Å². The molecule has 6 heteroatoms. The first kappa shape index (κ1) is 16.7. The Balaban J connectivity index is 1.31. The molecular formula is C19H21N3OS2. The molecule has 1 aliphatic carbocycles. The van der Waals surface area contributed by atoms with Gasteiger partial charge in [0.25, 0.3) is 0 Å². The first-order chi connectivity index (χ1) is 12.2. The average molecular weight is 372 g/mol. The number of benzene rings is 1. The highest BCUT2D eigenvalue weighted by Gasteiger charge is 2.35. The van der Waals surface area contributed by atoms with Gasteiger partial charge in [0.15, 0.2) is 0 Å². The molecule has 1 atom stereocenters. The molecule has 2 aromatic heterocycles. The molecule has 0 radical (unpaired) electrons. The Morgan fingerprint density at radius 2 is 2.16 bits per heavy atom. The van der Waals surface area contributed by atoms with Gasteiger partial charge in [-0.1, -0.05) is 12.1 Å². The number of carbonyl (C=O) groups excluding carboxylic acids is 1. The van der Waals surface area contributed by atoms with Crippen LogP contribution in [0.25, 0.3) is 10.2 Å². The van der Waals surface area contributed by atoms with Gasteiger partial charge < -0.3 is 5.32 Å². The van der Waals surface area contributed by atoms with E-state index in [4.69, 9.17) is 0 Å². The van der Waals surface area contributed by atoms with E-state index in [-0.39, 0.29) is 11.9 Å². The maximum atomic E-state index is 12.4. The quantitative estimate of drug-likeness (QED) is 0.658. The van der Waals surface area contributed by atoms with E-state index in [1.165, 1.54) is 22.4 Å². The monoisotopic (exact) mass is 371 g/mol. The largest absolute Gasteiger partial charge is 0.347 e. The van der Waals surface area contributed by atoms with E-state index in [0.717, 1.165) is 28.4 Å². The van der Waals surface area contributed by atoms with Crippen LogP contribution in [0.15, 0.2) is 30.5 Å². The summed E-state index contributed by atoms with van der Waals surface area (Å²) >= 11 is 3.42. The van der Waals surface area contributed by atoms with Crippen LogP contribution < -0.4 is 5.32 Å². The highest BCUT2D eigenvalue weighted by Crippen LogP contribution is 2.42. The molecule has 2 heterocycles. The first-order valence-corrected chi connectivity index (χ1v) is 10.4. The van der Waals surface area contributed by atoms with Crippen LogP contribution in [0.5, 0.6) is 0 Å². The van der Waals surface area contributed by atoms with Gasteiger partial charge in [0.05, 0.1) is 21.3 Å². The number of hydrogen-bond donors (Lipinski definition) is 1. The summed E-state index contributed by atoms with van der Waals surface area (Å²) in [4.78, 5) is 22.7. The number of aromatic nitrogens is 2. The highest BCUT2D eigenvalue weighted by molar-refractivity contribution is 7.18. The van der Waals surface area contributed by atoms with Crippen LogP contribution in [0, 0.1) is 12.8 Å².